The second-order valence-corrected chi connectivity index (χ2v) is 3.77. The molecule has 2 N–H and O–H groups in total. The van der Waals surface area contributed by atoms with Gasteiger partial charge < -0.3 is 10.5 Å². The lowest BCUT2D eigenvalue weighted by atomic mass is 10.0. The quantitative estimate of drug-likeness (QED) is 0.796. The fraction of sp³-hybridized carbons (Fsp3) is 0.500. The van der Waals surface area contributed by atoms with Gasteiger partial charge in [-0.15, -0.1) is 0 Å². The highest BCUT2D eigenvalue weighted by atomic mass is 16.5. The van der Waals surface area contributed by atoms with Gasteiger partial charge >= 0.3 is 0 Å². The van der Waals surface area contributed by atoms with Crippen molar-refractivity contribution >= 4 is 0 Å². The molecule has 14 heavy (non-hydrogen) atoms. The topological polar surface area (TPSA) is 35.2 Å². The lowest BCUT2D eigenvalue weighted by molar-refractivity contribution is 0.408. The second-order valence-electron chi connectivity index (χ2n) is 3.77. The third kappa shape index (κ3) is 2.74. The molecular formula is C12H19NO. The first-order valence-corrected chi connectivity index (χ1v) is 5.03. The number of benzene rings is 1. The van der Waals surface area contributed by atoms with E-state index in [1.54, 1.807) is 7.11 Å². The average Bonchev–Trinajstić information content (AvgIpc) is 2.15. The van der Waals surface area contributed by atoms with Gasteiger partial charge in [-0.25, -0.2) is 0 Å². The summed E-state index contributed by atoms with van der Waals surface area (Å²) in [6.45, 7) is 4.14. The highest BCUT2D eigenvalue weighted by Crippen LogP contribution is 2.23. The molecule has 2 heteroatoms. The van der Waals surface area contributed by atoms with Gasteiger partial charge in [0, 0.05) is 6.04 Å². The summed E-state index contributed by atoms with van der Waals surface area (Å²) in [5.41, 5.74) is 8.31. The van der Waals surface area contributed by atoms with E-state index in [0.29, 0.717) is 0 Å². The van der Waals surface area contributed by atoms with Crippen LogP contribution in [0.1, 0.15) is 24.5 Å². The molecule has 0 aromatic heterocycles. The summed E-state index contributed by atoms with van der Waals surface area (Å²) < 4.78 is 5.32. The van der Waals surface area contributed by atoms with Gasteiger partial charge in [-0.05, 0) is 43.9 Å². The van der Waals surface area contributed by atoms with Crippen LogP contribution in [-0.4, -0.2) is 13.2 Å². The number of rotatable bonds is 4. The van der Waals surface area contributed by atoms with Crippen LogP contribution in [0.5, 0.6) is 5.75 Å². The van der Waals surface area contributed by atoms with Crippen molar-refractivity contribution < 1.29 is 4.74 Å². The molecule has 1 rings (SSSR count). The molecule has 1 aromatic carbocycles. The molecule has 1 aromatic rings. The number of hydrogen-bond acceptors (Lipinski definition) is 2. The summed E-state index contributed by atoms with van der Waals surface area (Å²) in [6, 6.07) is 6.38. The van der Waals surface area contributed by atoms with Crippen molar-refractivity contribution in [2.24, 2.45) is 5.73 Å². The number of ether oxygens (including phenoxy) is 1. The minimum atomic E-state index is 0.249. The molecule has 2 nitrogen and oxygen atoms in total. The van der Waals surface area contributed by atoms with Crippen LogP contribution in [0.15, 0.2) is 18.2 Å². The maximum atomic E-state index is 5.74. The summed E-state index contributed by atoms with van der Waals surface area (Å²) in [5, 5.41) is 0. The van der Waals surface area contributed by atoms with Gasteiger partial charge in [0.25, 0.3) is 0 Å². The molecule has 0 saturated heterocycles. The van der Waals surface area contributed by atoms with Crippen LogP contribution in [0.25, 0.3) is 0 Å². The highest BCUT2D eigenvalue weighted by Gasteiger charge is 2.06. The minimum absolute atomic E-state index is 0.249. The molecule has 1 unspecified atom stereocenters. The number of hydrogen-bond donors (Lipinski definition) is 1. The lowest BCUT2D eigenvalue weighted by Crippen LogP contribution is -2.15. The molecule has 0 radical (unpaired) electrons. The van der Waals surface area contributed by atoms with Gasteiger partial charge in [-0.2, -0.15) is 0 Å². The molecule has 78 valence electrons. The zero-order chi connectivity index (χ0) is 10.6. The summed E-state index contributed by atoms with van der Waals surface area (Å²) in [5.74, 6) is 0.977. The van der Waals surface area contributed by atoms with Crippen LogP contribution < -0.4 is 10.5 Å². The zero-order valence-corrected chi connectivity index (χ0v) is 9.21. The Morgan fingerprint density at radius 3 is 2.71 bits per heavy atom. The SMILES string of the molecule is COc1cccc(C)c1CCC(C)N. The van der Waals surface area contributed by atoms with Crippen LogP contribution in [0.4, 0.5) is 0 Å². The third-order valence-corrected chi connectivity index (χ3v) is 2.44. The number of nitrogens with two attached hydrogens (primary N) is 1. The molecule has 1 atom stereocenters. The van der Waals surface area contributed by atoms with Gasteiger partial charge in [0.1, 0.15) is 5.75 Å². The van der Waals surface area contributed by atoms with Gasteiger partial charge in [0.15, 0.2) is 0 Å². The smallest absolute Gasteiger partial charge is 0.122 e. The Kier molecular flexibility index (Phi) is 3.96. The van der Waals surface area contributed by atoms with E-state index < -0.39 is 0 Å². The average molecular weight is 193 g/mol. The zero-order valence-electron chi connectivity index (χ0n) is 9.21. The highest BCUT2D eigenvalue weighted by molar-refractivity contribution is 5.39. The van der Waals surface area contributed by atoms with Crippen molar-refractivity contribution in [3.63, 3.8) is 0 Å². The Balaban J connectivity index is 2.82. The molecule has 0 fully saturated rings. The van der Waals surface area contributed by atoms with Crippen LogP contribution >= 0.6 is 0 Å². The number of methoxy groups -OCH3 is 1. The fourth-order valence-electron chi connectivity index (χ4n) is 1.56. The molecule has 0 saturated carbocycles. The normalized spacial score (nSPS) is 12.6. The molecule has 0 bridgehead atoms. The molecule has 0 aliphatic heterocycles. The van der Waals surface area contributed by atoms with E-state index in [0.717, 1.165) is 18.6 Å². The van der Waals surface area contributed by atoms with Crippen molar-refractivity contribution in [3.05, 3.63) is 29.3 Å². The van der Waals surface area contributed by atoms with E-state index in [-0.39, 0.29) is 6.04 Å². The second kappa shape index (κ2) is 5.01. The van der Waals surface area contributed by atoms with Gasteiger partial charge in [-0.1, -0.05) is 12.1 Å². The van der Waals surface area contributed by atoms with Gasteiger partial charge in [0.2, 0.25) is 0 Å². The Hall–Kier alpha value is -1.02. The Bertz CT molecular complexity index is 294. The largest absolute Gasteiger partial charge is 0.496 e. The summed E-state index contributed by atoms with van der Waals surface area (Å²) in [6.07, 6.45) is 1.99. The van der Waals surface area contributed by atoms with E-state index in [1.165, 1.54) is 11.1 Å². The summed E-state index contributed by atoms with van der Waals surface area (Å²) in [4.78, 5) is 0. The third-order valence-electron chi connectivity index (χ3n) is 2.44. The molecule has 0 heterocycles. The molecule has 0 amide bonds. The standard InChI is InChI=1S/C12H19NO/c1-9-5-4-6-12(14-3)11(9)8-7-10(2)13/h4-6,10H,7-8,13H2,1-3H3. The van der Waals surface area contributed by atoms with Crippen LogP contribution in [0.3, 0.4) is 0 Å². The van der Waals surface area contributed by atoms with E-state index in [4.69, 9.17) is 10.5 Å². The fourth-order valence-corrected chi connectivity index (χ4v) is 1.56. The van der Waals surface area contributed by atoms with Crippen molar-refractivity contribution in [1.82, 2.24) is 0 Å². The van der Waals surface area contributed by atoms with Crippen molar-refractivity contribution in [3.8, 4) is 5.75 Å². The van der Waals surface area contributed by atoms with E-state index in [2.05, 4.69) is 13.0 Å². The van der Waals surface area contributed by atoms with Crippen molar-refractivity contribution in [2.45, 2.75) is 32.7 Å². The first kappa shape index (κ1) is 11.1. The minimum Gasteiger partial charge on any atom is -0.496 e. The first-order valence-electron chi connectivity index (χ1n) is 5.03. The van der Waals surface area contributed by atoms with Gasteiger partial charge in [-0.3, -0.25) is 0 Å². The van der Waals surface area contributed by atoms with Crippen LogP contribution in [0, 0.1) is 6.92 Å². The van der Waals surface area contributed by atoms with Gasteiger partial charge in [0.05, 0.1) is 7.11 Å². The van der Waals surface area contributed by atoms with Crippen LogP contribution in [-0.2, 0) is 6.42 Å². The molecule has 0 aliphatic rings. The summed E-state index contributed by atoms with van der Waals surface area (Å²) in [7, 11) is 1.71. The predicted molar refractivity (Wildman–Crippen MR) is 59.7 cm³/mol. The first-order chi connectivity index (χ1) is 6.65. The van der Waals surface area contributed by atoms with E-state index in [9.17, 15) is 0 Å². The molecular weight excluding hydrogens is 174 g/mol. The molecule has 0 spiro atoms. The predicted octanol–water partition coefficient (Wildman–Crippen LogP) is 2.28. The lowest BCUT2D eigenvalue weighted by Gasteiger charge is -2.12. The van der Waals surface area contributed by atoms with Crippen molar-refractivity contribution in [1.29, 1.82) is 0 Å². The van der Waals surface area contributed by atoms with Crippen molar-refractivity contribution in [2.75, 3.05) is 7.11 Å². The maximum absolute atomic E-state index is 5.74. The number of aryl methyl sites for hydroxylation is 1. The summed E-state index contributed by atoms with van der Waals surface area (Å²) >= 11 is 0. The maximum Gasteiger partial charge on any atom is 0.122 e. The Labute approximate surface area is 86.1 Å². The van der Waals surface area contributed by atoms with E-state index >= 15 is 0 Å². The van der Waals surface area contributed by atoms with E-state index in [1.807, 2.05) is 19.1 Å². The van der Waals surface area contributed by atoms with Crippen LogP contribution in [0.2, 0.25) is 0 Å². The monoisotopic (exact) mass is 193 g/mol. The molecule has 0 aliphatic carbocycles. The Morgan fingerprint density at radius 1 is 1.43 bits per heavy atom. The Morgan fingerprint density at radius 2 is 2.14 bits per heavy atom.